The normalized spacial score (nSPS) is 15.7. The lowest BCUT2D eigenvalue weighted by atomic mass is 10.2. The van der Waals surface area contributed by atoms with Gasteiger partial charge in [0.15, 0.2) is 0 Å². The van der Waals surface area contributed by atoms with Crippen molar-refractivity contribution in [3.63, 3.8) is 0 Å². The van der Waals surface area contributed by atoms with E-state index in [4.69, 9.17) is 23.2 Å². The fourth-order valence-corrected chi connectivity index (χ4v) is 3.18. The molecule has 1 fully saturated rings. The second kappa shape index (κ2) is 8.52. The van der Waals surface area contributed by atoms with E-state index in [1.165, 1.54) is 5.56 Å². The molecule has 1 amide bonds. The molecule has 0 atom stereocenters. The number of hydrogen-bond donors (Lipinski definition) is 0. The van der Waals surface area contributed by atoms with Gasteiger partial charge in [0, 0.05) is 48.8 Å². The van der Waals surface area contributed by atoms with Crippen LogP contribution in [0.4, 0.5) is 0 Å². The molecule has 0 radical (unpaired) electrons. The highest BCUT2D eigenvalue weighted by Gasteiger charge is 2.19. The summed E-state index contributed by atoms with van der Waals surface area (Å²) in [7, 11) is 0. The van der Waals surface area contributed by atoms with Crippen molar-refractivity contribution < 1.29 is 4.79 Å². The van der Waals surface area contributed by atoms with Gasteiger partial charge < -0.3 is 4.90 Å². The van der Waals surface area contributed by atoms with Gasteiger partial charge in [-0.25, -0.2) is 0 Å². The van der Waals surface area contributed by atoms with E-state index in [1.807, 2.05) is 53.4 Å². The third-order valence-corrected chi connectivity index (χ3v) is 4.91. The first-order valence-electron chi connectivity index (χ1n) is 8.30. The van der Waals surface area contributed by atoms with Gasteiger partial charge >= 0.3 is 0 Å². The lowest BCUT2D eigenvalue weighted by molar-refractivity contribution is -0.127. The first-order valence-corrected chi connectivity index (χ1v) is 9.06. The molecular weight excluding hydrogens is 355 g/mol. The van der Waals surface area contributed by atoms with Crippen LogP contribution in [0.25, 0.3) is 6.08 Å². The van der Waals surface area contributed by atoms with Crippen LogP contribution >= 0.6 is 23.2 Å². The molecule has 25 heavy (non-hydrogen) atoms. The van der Waals surface area contributed by atoms with E-state index in [9.17, 15) is 4.79 Å². The van der Waals surface area contributed by atoms with Crippen LogP contribution in [0.1, 0.15) is 11.1 Å². The summed E-state index contributed by atoms with van der Waals surface area (Å²) in [6.45, 7) is 4.09. The van der Waals surface area contributed by atoms with E-state index in [1.54, 1.807) is 12.2 Å². The van der Waals surface area contributed by atoms with Gasteiger partial charge in [-0.2, -0.15) is 0 Å². The molecule has 0 bridgehead atoms. The molecule has 1 saturated heterocycles. The van der Waals surface area contributed by atoms with Gasteiger partial charge in [-0.3, -0.25) is 9.69 Å². The Kier molecular flexibility index (Phi) is 6.14. The summed E-state index contributed by atoms with van der Waals surface area (Å²) in [6, 6.07) is 15.4. The predicted octanol–water partition coefficient (Wildman–Crippen LogP) is 4.35. The number of amides is 1. The summed E-state index contributed by atoms with van der Waals surface area (Å²) < 4.78 is 0. The minimum atomic E-state index is 0.0334. The van der Waals surface area contributed by atoms with Gasteiger partial charge in [0.25, 0.3) is 0 Å². The maximum Gasteiger partial charge on any atom is 0.246 e. The standard InChI is InChI=1S/C20H20Cl2N2O/c21-18-8-5-16(6-9-18)15-23-11-13-24(14-12-23)20(25)10-7-17-3-1-2-4-19(17)22/h1-10H,11-15H2. The first-order chi connectivity index (χ1) is 12.1. The molecule has 0 N–H and O–H groups in total. The van der Waals surface area contributed by atoms with Crippen molar-refractivity contribution in [2.45, 2.75) is 6.54 Å². The highest BCUT2D eigenvalue weighted by atomic mass is 35.5. The molecule has 1 aliphatic heterocycles. The minimum absolute atomic E-state index is 0.0334. The number of carbonyl (C=O) groups is 1. The third-order valence-electron chi connectivity index (χ3n) is 4.31. The summed E-state index contributed by atoms with van der Waals surface area (Å²) >= 11 is 12.0. The Hall–Kier alpha value is -1.81. The van der Waals surface area contributed by atoms with E-state index in [2.05, 4.69) is 4.90 Å². The van der Waals surface area contributed by atoms with Gasteiger partial charge in [0.2, 0.25) is 5.91 Å². The van der Waals surface area contributed by atoms with Crippen LogP contribution in [-0.4, -0.2) is 41.9 Å². The molecule has 0 unspecified atom stereocenters. The maximum atomic E-state index is 12.3. The molecule has 5 heteroatoms. The zero-order chi connectivity index (χ0) is 17.6. The Morgan fingerprint density at radius 1 is 0.960 bits per heavy atom. The van der Waals surface area contributed by atoms with Crippen molar-refractivity contribution >= 4 is 35.2 Å². The summed E-state index contributed by atoms with van der Waals surface area (Å²) in [5, 5.41) is 1.41. The lowest BCUT2D eigenvalue weighted by Crippen LogP contribution is -2.47. The van der Waals surface area contributed by atoms with E-state index < -0.39 is 0 Å². The van der Waals surface area contributed by atoms with Crippen LogP contribution in [0.3, 0.4) is 0 Å². The highest BCUT2D eigenvalue weighted by Crippen LogP contribution is 2.17. The van der Waals surface area contributed by atoms with Crippen molar-refractivity contribution in [1.29, 1.82) is 0 Å². The van der Waals surface area contributed by atoms with Crippen LogP contribution in [0.5, 0.6) is 0 Å². The third kappa shape index (κ3) is 5.08. The fourth-order valence-electron chi connectivity index (χ4n) is 2.85. The van der Waals surface area contributed by atoms with Gasteiger partial charge in [-0.1, -0.05) is 53.5 Å². The van der Waals surface area contributed by atoms with Crippen molar-refractivity contribution in [2.24, 2.45) is 0 Å². The zero-order valence-corrected chi connectivity index (χ0v) is 15.4. The molecule has 0 aliphatic carbocycles. The Morgan fingerprint density at radius 3 is 2.32 bits per heavy atom. The van der Waals surface area contributed by atoms with Crippen LogP contribution in [-0.2, 0) is 11.3 Å². The Labute approximate surface area is 158 Å². The first kappa shape index (κ1) is 18.0. The summed E-state index contributed by atoms with van der Waals surface area (Å²) in [6.07, 6.45) is 3.39. The van der Waals surface area contributed by atoms with Crippen molar-refractivity contribution in [3.8, 4) is 0 Å². The summed E-state index contributed by atoms with van der Waals surface area (Å²) in [5.41, 5.74) is 2.10. The zero-order valence-electron chi connectivity index (χ0n) is 13.9. The molecule has 3 nitrogen and oxygen atoms in total. The number of hydrogen-bond acceptors (Lipinski definition) is 2. The molecule has 0 spiro atoms. The molecule has 0 saturated carbocycles. The van der Waals surface area contributed by atoms with Crippen LogP contribution < -0.4 is 0 Å². The van der Waals surface area contributed by atoms with E-state index in [0.717, 1.165) is 43.3 Å². The number of piperazine rings is 1. The average molecular weight is 375 g/mol. The maximum absolute atomic E-state index is 12.3. The smallest absolute Gasteiger partial charge is 0.246 e. The minimum Gasteiger partial charge on any atom is -0.337 e. The molecule has 130 valence electrons. The largest absolute Gasteiger partial charge is 0.337 e. The van der Waals surface area contributed by atoms with Gasteiger partial charge in [0.1, 0.15) is 0 Å². The monoisotopic (exact) mass is 374 g/mol. The van der Waals surface area contributed by atoms with Crippen molar-refractivity contribution in [1.82, 2.24) is 9.80 Å². The van der Waals surface area contributed by atoms with Gasteiger partial charge in [0.05, 0.1) is 0 Å². The quantitative estimate of drug-likeness (QED) is 0.742. The van der Waals surface area contributed by atoms with Gasteiger partial charge in [-0.15, -0.1) is 0 Å². The number of carbonyl (C=O) groups excluding carboxylic acids is 1. The number of rotatable bonds is 4. The molecule has 0 aromatic heterocycles. The lowest BCUT2D eigenvalue weighted by Gasteiger charge is -2.34. The summed E-state index contributed by atoms with van der Waals surface area (Å²) in [5.74, 6) is 0.0334. The predicted molar refractivity (Wildman–Crippen MR) is 104 cm³/mol. The molecule has 1 aliphatic rings. The average Bonchev–Trinajstić information content (AvgIpc) is 2.63. The van der Waals surface area contributed by atoms with E-state index >= 15 is 0 Å². The second-order valence-corrected chi connectivity index (χ2v) is 6.93. The molecular formula is C20H20Cl2N2O. The number of benzene rings is 2. The SMILES string of the molecule is O=C(C=Cc1ccccc1Cl)N1CCN(Cc2ccc(Cl)cc2)CC1. The van der Waals surface area contributed by atoms with Crippen LogP contribution in [0.2, 0.25) is 10.0 Å². The van der Waals surface area contributed by atoms with Crippen molar-refractivity contribution in [2.75, 3.05) is 26.2 Å². The van der Waals surface area contributed by atoms with Crippen LogP contribution in [0.15, 0.2) is 54.6 Å². The van der Waals surface area contributed by atoms with Crippen molar-refractivity contribution in [3.05, 3.63) is 75.8 Å². The van der Waals surface area contributed by atoms with E-state index in [0.29, 0.717) is 5.02 Å². The topological polar surface area (TPSA) is 23.6 Å². The highest BCUT2D eigenvalue weighted by molar-refractivity contribution is 6.32. The second-order valence-electron chi connectivity index (χ2n) is 6.08. The Bertz CT molecular complexity index is 751. The molecule has 3 rings (SSSR count). The number of nitrogens with zero attached hydrogens (tertiary/aromatic N) is 2. The van der Waals surface area contributed by atoms with Crippen LogP contribution in [0, 0.1) is 0 Å². The Balaban J connectivity index is 1.50. The number of halogens is 2. The molecule has 2 aromatic rings. The molecule has 2 aromatic carbocycles. The Morgan fingerprint density at radius 2 is 1.64 bits per heavy atom. The fraction of sp³-hybridized carbons (Fsp3) is 0.250. The summed E-state index contributed by atoms with van der Waals surface area (Å²) in [4.78, 5) is 16.6. The van der Waals surface area contributed by atoms with E-state index in [-0.39, 0.29) is 5.91 Å². The molecule has 1 heterocycles. The van der Waals surface area contributed by atoms with Gasteiger partial charge in [-0.05, 0) is 35.4 Å².